The number of alkyl halides is 3. The van der Waals surface area contributed by atoms with Crippen molar-refractivity contribution >= 4 is 19.4 Å². The molecule has 24 heavy (non-hydrogen) atoms. The van der Waals surface area contributed by atoms with Crippen molar-refractivity contribution < 1.29 is 13.2 Å². The third-order valence-electron chi connectivity index (χ3n) is 3.31. The fraction of sp³-hybridized carbons (Fsp3) is 0.176. The van der Waals surface area contributed by atoms with E-state index in [1.165, 1.54) is 10.5 Å². The molecule has 3 nitrogen and oxygen atoms in total. The van der Waals surface area contributed by atoms with Crippen molar-refractivity contribution in [2.24, 2.45) is 0 Å². The summed E-state index contributed by atoms with van der Waals surface area (Å²) in [5.41, 5.74) is 0.758. The van der Waals surface area contributed by atoms with Crippen molar-refractivity contribution in [3.63, 3.8) is 0 Å². The Kier molecular flexibility index (Phi) is 5.02. The molecule has 1 aromatic heterocycles. The van der Waals surface area contributed by atoms with Crippen LogP contribution >= 0.6 is 0 Å². The van der Waals surface area contributed by atoms with E-state index in [0.29, 0.717) is 5.56 Å². The molecule has 0 bridgehead atoms. The Bertz CT molecular complexity index is 800. The normalized spacial score (nSPS) is 11.6. The molecular formula is C17H14F3N3Se. The van der Waals surface area contributed by atoms with Crippen LogP contribution in [-0.4, -0.2) is 30.0 Å². The molecule has 3 rings (SSSR count). The van der Waals surface area contributed by atoms with Gasteiger partial charge in [0.2, 0.25) is 0 Å². The molecule has 0 aliphatic heterocycles. The first-order chi connectivity index (χ1) is 11.5. The molecule has 0 unspecified atom stereocenters. The van der Waals surface area contributed by atoms with Gasteiger partial charge in [0.15, 0.2) is 0 Å². The van der Waals surface area contributed by atoms with Crippen LogP contribution in [-0.2, 0) is 18.0 Å². The van der Waals surface area contributed by atoms with Gasteiger partial charge in [-0.1, -0.05) is 0 Å². The average molecular weight is 396 g/mol. The second-order valence-electron chi connectivity index (χ2n) is 5.21. The fourth-order valence-electron chi connectivity index (χ4n) is 2.19. The summed E-state index contributed by atoms with van der Waals surface area (Å²) in [4.78, 5) is 0. The monoisotopic (exact) mass is 397 g/mol. The molecule has 0 aliphatic rings. The second-order valence-corrected chi connectivity index (χ2v) is 7.41. The van der Waals surface area contributed by atoms with Crippen LogP contribution in [0.5, 0.6) is 0 Å². The number of benzene rings is 2. The summed E-state index contributed by atoms with van der Waals surface area (Å²) >= 11 is 0.262. The molecule has 2 aromatic carbocycles. The zero-order chi connectivity index (χ0) is 17.0. The third-order valence-corrected chi connectivity index (χ3v) is 5.51. The van der Waals surface area contributed by atoms with Gasteiger partial charge in [0.05, 0.1) is 0 Å². The minimum atomic E-state index is -4.33. The number of halogens is 3. The van der Waals surface area contributed by atoms with Crippen LogP contribution in [0.25, 0.3) is 0 Å². The first-order valence-electron chi connectivity index (χ1n) is 7.24. The molecule has 0 atom stereocenters. The average Bonchev–Trinajstić information content (AvgIpc) is 3.01. The summed E-state index contributed by atoms with van der Waals surface area (Å²) in [5.74, 6) is 0. The summed E-state index contributed by atoms with van der Waals surface area (Å²) in [6.07, 6.45) is -2.54. The van der Waals surface area contributed by atoms with Crippen LogP contribution in [0, 0.1) is 0 Å². The molecule has 0 aliphatic carbocycles. The van der Waals surface area contributed by atoms with E-state index in [1.807, 2.05) is 18.2 Å². The van der Waals surface area contributed by atoms with Crippen molar-refractivity contribution in [1.29, 1.82) is 0 Å². The second kappa shape index (κ2) is 7.20. The van der Waals surface area contributed by atoms with E-state index in [1.54, 1.807) is 16.9 Å². The van der Waals surface area contributed by atoms with Crippen LogP contribution in [0.3, 0.4) is 0 Å². The standard InChI is InChI=1S/C17H14F3N3Se/c18-17(19,20)14-6-4-5-13(9-14)10-23-11-15(21-22-23)12-24-16-7-2-1-3-8-16/h1-9,11H,10,12H2. The van der Waals surface area contributed by atoms with Gasteiger partial charge in [0.1, 0.15) is 0 Å². The first-order valence-corrected chi connectivity index (χ1v) is 9.30. The van der Waals surface area contributed by atoms with Crippen LogP contribution in [0.2, 0.25) is 0 Å². The summed E-state index contributed by atoms with van der Waals surface area (Å²) in [5, 5.41) is 8.92. The van der Waals surface area contributed by atoms with Crippen LogP contribution in [0.1, 0.15) is 16.8 Å². The Labute approximate surface area is 143 Å². The Hall–Kier alpha value is -2.11. The van der Waals surface area contributed by atoms with Crippen LogP contribution in [0.15, 0.2) is 60.8 Å². The van der Waals surface area contributed by atoms with E-state index in [4.69, 9.17) is 0 Å². The molecule has 3 aromatic rings. The summed E-state index contributed by atoms with van der Waals surface area (Å²) < 4.78 is 41.1. The maximum atomic E-state index is 12.7. The van der Waals surface area contributed by atoms with E-state index in [2.05, 4.69) is 22.4 Å². The first kappa shape index (κ1) is 16.7. The zero-order valence-electron chi connectivity index (χ0n) is 12.6. The van der Waals surface area contributed by atoms with E-state index >= 15 is 0 Å². The molecule has 7 heteroatoms. The van der Waals surface area contributed by atoms with E-state index in [0.717, 1.165) is 23.1 Å². The third kappa shape index (κ3) is 4.46. The van der Waals surface area contributed by atoms with Crippen molar-refractivity contribution in [1.82, 2.24) is 15.0 Å². The SMILES string of the molecule is FC(F)(F)c1cccc(Cn2cc(C[Se]c3ccccc3)nn2)c1. The van der Waals surface area contributed by atoms with Crippen LogP contribution < -0.4 is 4.46 Å². The Balaban J connectivity index is 1.64. The van der Waals surface area contributed by atoms with Gasteiger partial charge in [-0.25, -0.2) is 0 Å². The van der Waals surface area contributed by atoms with Gasteiger partial charge in [-0.3, -0.25) is 0 Å². The summed E-state index contributed by atoms with van der Waals surface area (Å²) in [6, 6.07) is 15.4. The zero-order valence-corrected chi connectivity index (χ0v) is 14.3. The molecule has 1 heterocycles. The number of rotatable bonds is 5. The van der Waals surface area contributed by atoms with Gasteiger partial charge in [-0.05, 0) is 0 Å². The Morgan fingerprint density at radius 3 is 2.54 bits per heavy atom. The van der Waals surface area contributed by atoms with E-state index in [-0.39, 0.29) is 21.5 Å². The van der Waals surface area contributed by atoms with Gasteiger partial charge in [-0.15, -0.1) is 0 Å². The maximum absolute atomic E-state index is 12.7. The van der Waals surface area contributed by atoms with Gasteiger partial charge in [0.25, 0.3) is 0 Å². The molecule has 0 spiro atoms. The van der Waals surface area contributed by atoms with E-state index < -0.39 is 11.7 Å². The molecule has 0 fully saturated rings. The Morgan fingerprint density at radius 2 is 1.79 bits per heavy atom. The van der Waals surface area contributed by atoms with Crippen LogP contribution in [0.4, 0.5) is 13.2 Å². The number of nitrogens with zero attached hydrogens (tertiary/aromatic N) is 3. The summed E-state index contributed by atoms with van der Waals surface area (Å²) in [6.45, 7) is 0.273. The van der Waals surface area contributed by atoms with Crippen molar-refractivity contribution in [2.45, 2.75) is 18.0 Å². The van der Waals surface area contributed by atoms with Gasteiger partial charge < -0.3 is 0 Å². The van der Waals surface area contributed by atoms with Gasteiger partial charge in [0, 0.05) is 0 Å². The van der Waals surface area contributed by atoms with Gasteiger partial charge >= 0.3 is 143 Å². The van der Waals surface area contributed by atoms with Gasteiger partial charge in [-0.2, -0.15) is 0 Å². The fourth-order valence-corrected chi connectivity index (χ4v) is 3.86. The molecule has 0 N–H and O–H groups in total. The quantitative estimate of drug-likeness (QED) is 0.621. The number of hydrogen-bond donors (Lipinski definition) is 0. The molecule has 0 amide bonds. The topological polar surface area (TPSA) is 30.7 Å². The molecule has 124 valence electrons. The summed E-state index contributed by atoms with van der Waals surface area (Å²) in [7, 11) is 0. The molecule has 0 saturated heterocycles. The predicted octanol–water partition coefficient (Wildman–Crippen LogP) is 2.87. The van der Waals surface area contributed by atoms with Crippen molar-refractivity contribution in [3.05, 3.63) is 77.6 Å². The Morgan fingerprint density at radius 1 is 1.00 bits per heavy atom. The predicted molar refractivity (Wildman–Crippen MR) is 86.1 cm³/mol. The minimum absolute atomic E-state index is 0.262. The number of aromatic nitrogens is 3. The van der Waals surface area contributed by atoms with E-state index in [9.17, 15) is 13.2 Å². The van der Waals surface area contributed by atoms with Crippen molar-refractivity contribution in [3.8, 4) is 0 Å². The molecular weight excluding hydrogens is 382 g/mol. The van der Waals surface area contributed by atoms with Crippen molar-refractivity contribution in [2.75, 3.05) is 0 Å². The molecule has 0 radical (unpaired) electrons. The molecule has 0 saturated carbocycles. The number of hydrogen-bond acceptors (Lipinski definition) is 2.